The Labute approximate surface area is 68.6 Å². The molecule has 0 aliphatic carbocycles. The van der Waals surface area contributed by atoms with Gasteiger partial charge in [-0.25, -0.2) is 0 Å². The Bertz CT molecular complexity index is 136. The van der Waals surface area contributed by atoms with Gasteiger partial charge in [0.1, 0.15) is 5.78 Å². The first-order valence-corrected chi connectivity index (χ1v) is 4.36. The molecule has 64 valence electrons. The van der Waals surface area contributed by atoms with E-state index in [9.17, 15) is 4.79 Å². The standard InChI is InChI=1S/C9H17NO/c1-8(11)7-9-3-5-10(2)6-4-9/h9H,3-7H2,1-2H3. The molecule has 0 radical (unpaired) electrons. The van der Waals surface area contributed by atoms with E-state index in [2.05, 4.69) is 11.9 Å². The highest BCUT2D eigenvalue weighted by atomic mass is 16.1. The molecule has 1 rings (SSSR count). The van der Waals surface area contributed by atoms with Crippen molar-refractivity contribution in [2.45, 2.75) is 26.2 Å². The summed E-state index contributed by atoms with van der Waals surface area (Å²) >= 11 is 0. The minimum absolute atomic E-state index is 0.347. The zero-order chi connectivity index (χ0) is 8.27. The van der Waals surface area contributed by atoms with E-state index in [0.717, 1.165) is 19.5 Å². The lowest BCUT2D eigenvalue weighted by atomic mass is 9.92. The number of piperidine rings is 1. The minimum atomic E-state index is 0.347. The molecule has 11 heavy (non-hydrogen) atoms. The molecule has 0 spiro atoms. The molecule has 2 nitrogen and oxygen atoms in total. The molecule has 1 aliphatic heterocycles. The Morgan fingerprint density at radius 1 is 1.45 bits per heavy atom. The summed E-state index contributed by atoms with van der Waals surface area (Å²) in [5.41, 5.74) is 0. The van der Waals surface area contributed by atoms with Gasteiger partial charge >= 0.3 is 0 Å². The Morgan fingerprint density at radius 3 is 2.45 bits per heavy atom. The monoisotopic (exact) mass is 155 g/mol. The molecule has 0 aromatic heterocycles. The topological polar surface area (TPSA) is 20.3 Å². The summed E-state index contributed by atoms with van der Waals surface area (Å²) in [4.78, 5) is 13.1. The van der Waals surface area contributed by atoms with E-state index in [1.54, 1.807) is 6.92 Å². The number of ketones is 1. The van der Waals surface area contributed by atoms with E-state index in [-0.39, 0.29) is 0 Å². The van der Waals surface area contributed by atoms with Crippen LogP contribution in [0.2, 0.25) is 0 Å². The molecule has 0 atom stereocenters. The van der Waals surface area contributed by atoms with Crippen molar-refractivity contribution in [3.63, 3.8) is 0 Å². The fourth-order valence-electron chi connectivity index (χ4n) is 1.67. The van der Waals surface area contributed by atoms with E-state index in [0.29, 0.717) is 11.7 Å². The van der Waals surface area contributed by atoms with E-state index in [4.69, 9.17) is 0 Å². The van der Waals surface area contributed by atoms with Gasteiger partial charge in [-0.1, -0.05) is 0 Å². The van der Waals surface area contributed by atoms with Crippen LogP contribution in [0.1, 0.15) is 26.2 Å². The second-order valence-corrected chi connectivity index (χ2v) is 3.65. The molecule has 1 heterocycles. The van der Waals surface area contributed by atoms with Crippen molar-refractivity contribution in [3.05, 3.63) is 0 Å². The van der Waals surface area contributed by atoms with Crippen LogP contribution in [-0.2, 0) is 4.79 Å². The van der Waals surface area contributed by atoms with Crippen molar-refractivity contribution < 1.29 is 4.79 Å². The normalized spacial score (nSPS) is 22.0. The van der Waals surface area contributed by atoms with Gasteiger partial charge in [0.25, 0.3) is 0 Å². The van der Waals surface area contributed by atoms with Gasteiger partial charge in [-0.15, -0.1) is 0 Å². The maximum atomic E-state index is 10.8. The van der Waals surface area contributed by atoms with Crippen molar-refractivity contribution >= 4 is 5.78 Å². The largest absolute Gasteiger partial charge is 0.306 e. The predicted molar refractivity (Wildman–Crippen MR) is 45.5 cm³/mol. The maximum absolute atomic E-state index is 10.8. The van der Waals surface area contributed by atoms with Crippen LogP contribution in [0, 0.1) is 5.92 Å². The van der Waals surface area contributed by atoms with Crippen molar-refractivity contribution in [2.24, 2.45) is 5.92 Å². The highest BCUT2D eigenvalue weighted by Gasteiger charge is 2.17. The van der Waals surface area contributed by atoms with Gasteiger partial charge in [-0.2, -0.15) is 0 Å². The van der Waals surface area contributed by atoms with E-state index < -0.39 is 0 Å². The van der Waals surface area contributed by atoms with Gasteiger partial charge in [0.05, 0.1) is 0 Å². The Kier molecular flexibility index (Phi) is 3.06. The molecule has 0 unspecified atom stereocenters. The van der Waals surface area contributed by atoms with Gasteiger partial charge in [0.15, 0.2) is 0 Å². The minimum Gasteiger partial charge on any atom is -0.306 e. The van der Waals surface area contributed by atoms with Crippen LogP contribution in [0.25, 0.3) is 0 Å². The number of carbonyl (C=O) groups is 1. The van der Waals surface area contributed by atoms with Crippen LogP contribution in [0.15, 0.2) is 0 Å². The van der Waals surface area contributed by atoms with Crippen LogP contribution in [0.3, 0.4) is 0 Å². The van der Waals surface area contributed by atoms with E-state index >= 15 is 0 Å². The molecular formula is C9H17NO. The number of nitrogens with zero attached hydrogens (tertiary/aromatic N) is 1. The molecule has 0 aromatic rings. The van der Waals surface area contributed by atoms with Gasteiger partial charge in [0.2, 0.25) is 0 Å². The lowest BCUT2D eigenvalue weighted by Gasteiger charge is -2.28. The van der Waals surface area contributed by atoms with Gasteiger partial charge in [0, 0.05) is 6.42 Å². The number of hydrogen-bond acceptors (Lipinski definition) is 2. The van der Waals surface area contributed by atoms with Crippen molar-refractivity contribution in [2.75, 3.05) is 20.1 Å². The number of rotatable bonds is 2. The second kappa shape index (κ2) is 3.86. The third-order valence-electron chi connectivity index (χ3n) is 2.41. The first-order chi connectivity index (χ1) is 5.18. The molecule has 1 fully saturated rings. The number of carbonyl (C=O) groups excluding carboxylic acids is 1. The van der Waals surface area contributed by atoms with Gasteiger partial charge < -0.3 is 9.69 Å². The summed E-state index contributed by atoms with van der Waals surface area (Å²) in [5.74, 6) is 1.02. The lowest BCUT2D eigenvalue weighted by Crippen LogP contribution is -2.30. The van der Waals surface area contributed by atoms with Crippen molar-refractivity contribution in [3.8, 4) is 0 Å². The van der Waals surface area contributed by atoms with Crippen molar-refractivity contribution in [1.82, 2.24) is 4.90 Å². The number of Topliss-reactive ketones (excluding diaryl/α,β-unsaturated/α-hetero) is 1. The molecule has 1 aliphatic rings. The molecule has 0 saturated carbocycles. The molecular weight excluding hydrogens is 138 g/mol. The molecule has 0 amide bonds. The fourth-order valence-corrected chi connectivity index (χ4v) is 1.67. The Balaban J connectivity index is 2.22. The summed E-state index contributed by atoms with van der Waals surface area (Å²) in [5, 5.41) is 0. The zero-order valence-corrected chi connectivity index (χ0v) is 7.47. The first kappa shape index (κ1) is 8.72. The van der Waals surface area contributed by atoms with Crippen LogP contribution in [0.5, 0.6) is 0 Å². The SMILES string of the molecule is CC(=O)CC1CCN(C)CC1. The lowest BCUT2D eigenvalue weighted by molar-refractivity contribution is -0.118. The quantitative estimate of drug-likeness (QED) is 0.599. The highest BCUT2D eigenvalue weighted by Crippen LogP contribution is 2.19. The third kappa shape index (κ3) is 3.02. The molecule has 0 N–H and O–H groups in total. The van der Waals surface area contributed by atoms with Crippen LogP contribution in [0.4, 0.5) is 0 Å². The molecule has 1 saturated heterocycles. The van der Waals surface area contributed by atoms with Crippen molar-refractivity contribution in [1.29, 1.82) is 0 Å². The Hall–Kier alpha value is -0.370. The summed E-state index contributed by atoms with van der Waals surface area (Å²) in [6, 6.07) is 0. The van der Waals surface area contributed by atoms with Crippen LogP contribution in [-0.4, -0.2) is 30.8 Å². The zero-order valence-electron chi connectivity index (χ0n) is 7.47. The van der Waals surface area contributed by atoms with Gasteiger partial charge in [-0.05, 0) is 45.8 Å². The molecule has 0 aromatic carbocycles. The average molecular weight is 155 g/mol. The predicted octanol–water partition coefficient (Wildman–Crippen LogP) is 1.31. The average Bonchev–Trinajstić information content (AvgIpc) is 1.93. The third-order valence-corrected chi connectivity index (χ3v) is 2.41. The number of hydrogen-bond donors (Lipinski definition) is 0. The molecule has 0 bridgehead atoms. The summed E-state index contributed by atoms with van der Waals surface area (Å²) in [6.45, 7) is 4.02. The molecule has 2 heteroatoms. The summed E-state index contributed by atoms with van der Waals surface area (Å²) in [7, 11) is 2.14. The maximum Gasteiger partial charge on any atom is 0.130 e. The first-order valence-electron chi connectivity index (χ1n) is 4.36. The highest BCUT2D eigenvalue weighted by molar-refractivity contribution is 5.75. The van der Waals surface area contributed by atoms with Crippen LogP contribution >= 0.6 is 0 Å². The van der Waals surface area contributed by atoms with Gasteiger partial charge in [-0.3, -0.25) is 0 Å². The van der Waals surface area contributed by atoms with E-state index in [1.165, 1.54) is 12.8 Å². The number of likely N-dealkylation sites (tertiary alicyclic amines) is 1. The fraction of sp³-hybridized carbons (Fsp3) is 0.889. The Morgan fingerprint density at radius 2 is 2.00 bits per heavy atom. The summed E-state index contributed by atoms with van der Waals surface area (Å²) in [6.07, 6.45) is 3.21. The van der Waals surface area contributed by atoms with E-state index in [1.807, 2.05) is 0 Å². The smallest absolute Gasteiger partial charge is 0.130 e. The summed E-state index contributed by atoms with van der Waals surface area (Å²) < 4.78 is 0. The van der Waals surface area contributed by atoms with Crippen LogP contribution < -0.4 is 0 Å². The second-order valence-electron chi connectivity index (χ2n) is 3.65.